The van der Waals surface area contributed by atoms with Crippen molar-refractivity contribution in [3.8, 4) is 0 Å². The van der Waals surface area contributed by atoms with Gasteiger partial charge in [0.2, 0.25) is 0 Å². The molecule has 0 aliphatic carbocycles. The fraction of sp³-hybridized carbons (Fsp3) is 0.421. The Hall–Kier alpha value is -1.82. The number of anilines is 1. The van der Waals surface area contributed by atoms with Crippen molar-refractivity contribution in [2.45, 2.75) is 36.6 Å². The first-order chi connectivity index (χ1) is 14.5. The number of nitrogens with zero attached hydrogens (tertiary/aromatic N) is 2. The van der Waals surface area contributed by atoms with Crippen molar-refractivity contribution >= 4 is 44.6 Å². The lowest BCUT2D eigenvalue weighted by Gasteiger charge is -2.23. The normalized spacial score (nSPS) is 15.3. The predicted octanol–water partition coefficient (Wildman–Crippen LogP) is 4.43. The van der Waals surface area contributed by atoms with E-state index in [2.05, 4.69) is 16.7 Å². The average Bonchev–Trinajstić information content (AvgIpc) is 3.04. The molecule has 0 fully saturated rings. The van der Waals surface area contributed by atoms with E-state index < -0.39 is 22.2 Å². The van der Waals surface area contributed by atoms with E-state index in [0.29, 0.717) is 17.8 Å². The second-order valence-electron chi connectivity index (χ2n) is 6.96. The smallest absolute Gasteiger partial charge is 0.317 e. The van der Waals surface area contributed by atoms with E-state index in [4.69, 9.17) is 11.6 Å². The third-order valence-electron chi connectivity index (χ3n) is 4.75. The van der Waals surface area contributed by atoms with E-state index >= 15 is 0 Å². The maximum Gasteiger partial charge on any atom is 0.493 e. The van der Waals surface area contributed by atoms with Crippen molar-refractivity contribution in [1.82, 2.24) is 4.90 Å². The number of fused-ring (bicyclic) bond motifs is 1. The second kappa shape index (κ2) is 9.35. The molecule has 6 nitrogen and oxygen atoms in total. The number of sulfonamides is 1. The number of halogens is 4. The summed E-state index contributed by atoms with van der Waals surface area (Å²) >= 11 is 6.44. The van der Waals surface area contributed by atoms with E-state index in [9.17, 15) is 26.4 Å². The minimum absolute atomic E-state index is 0.0277. The van der Waals surface area contributed by atoms with Crippen LogP contribution in [-0.2, 0) is 32.5 Å². The van der Waals surface area contributed by atoms with Gasteiger partial charge in [-0.3, -0.25) is 0 Å². The van der Waals surface area contributed by atoms with Crippen LogP contribution >= 0.6 is 22.9 Å². The molecule has 2 aromatic rings. The SMILES string of the molecule is CCCN1CCc2ccc(N(OC(=O)C(F)(F)F)S(=O)(=O)c3ccc(Cl)s3)cc2CC1. The molecule has 1 aliphatic heterocycles. The third-order valence-corrected chi connectivity index (χ3v) is 8.03. The standard InChI is InChI=1S/C19H20ClF3N2O4S2/c1-2-9-24-10-7-13-3-4-15(12-14(13)8-11-24)25(29-18(26)19(21,22)23)31(27,28)17-6-5-16(20)30-17/h3-6,12H,2,7-11H2,1H3. The molecular formula is C19H20ClF3N2O4S2. The largest absolute Gasteiger partial charge is 0.493 e. The molecular weight excluding hydrogens is 477 g/mol. The van der Waals surface area contributed by atoms with Crippen LogP contribution in [0.25, 0.3) is 0 Å². The summed E-state index contributed by atoms with van der Waals surface area (Å²) in [5.74, 6) is -2.64. The number of hydrogen-bond donors (Lipinski definition) is 0. The fourth-order valence-corrected chi connectivity index (χ4v) is 6.06. The van der Waals surface area contributed by atoms with Crippen LogP contribution in [0.3, 0.4) is 0 Å². The van der Waals surface area contributed by atoms with Gasteiger partial charge in [-0.15, -0.1) is 11.3 Å². The molecule has 12 heteroatoms. The fourth-order valence-electron chi connectivity index (χ4n) is 3.30. The lowest BCUT2D eigenvalue weighted by molar-refractivity contribution is -0.199. The number of rotatable bonds is 6. The molecule has 31 heavy (non-hydrogen) atoms. The van der Waals surface area contributed by atoms with Crippen molar-refractivity contribution in [1.29, 1.82) is 0 Å². The molecule has 1 aromatic carbocycles. The molecule has 0 atom stereocenters. The second-order valence-corrected chi connectivity index (χ2v) is 10.7. The quantitative estimate of drug-likeness (QED) is 0.554. The van der Waals surface area contributed by atoms with Gasteiger partial charge in [-0.25, -0.2) is 4.79 Å². The van der Waals surface area contributed by atoms with Gasteiger partial charge in [-0.05, 0) is 61.2 Å². The van der Waals surface area contributed by atoms with Crippen molar-refractivity contribution in [2.75, 3.05) is 24.1 Å². The summed E-state index contributed by atoms with van der Waals surface area (Å²) in [5, 5.41) is 0. The summed E-state index contributed by atoms with van der Waals surface area (Å²) in [5.41, 5.74) is 1.58. The monoisotopic (exact) mass is 496 g/mol. The maximum absolute atomic E-state index is 13.0. The van der Waals surface area contributed by atoms with Crippen molar-refractivity contribution in [3.05, 3.63) is 45.8 Å². The van der Waals surface area contributed by atoms with Crippen molar-refractivity contribution in [3.63, 3.8) is 0 Å². The van der Waals surface area contributed by atoms with Crippen LogP contribution in [0.2, 0.25) is 4.34 Å². The number of carbonyl (C=O) groups excluding carboxylic acids is 1. The first-order valence-electron chi connectivity index (χ1n) is 9.46. The first kappa shape index (κ1) is 23.8. The molecule has 1 aromatic heterocycles. The van der Waals surface area contributed by atoms with Gasteiger partial charge in [0.15, 0.2) is 0 Å². The molecule has 0 saturated carbocycles. The van der Waals surface area contributed by atoms with Gasteiger partial charge >= 0.3 is 22.2 Å². The van der Waals surface area contributed by atoms with Gasteiger partial charge in [-0.1, -0.05) is 29.1 Å². The zero-order valence-corrected chi connectivity index (χ0v) is 18.9. The Balaban J connectivity index is 1.99. The molecule has 2 heterocycles. The maximum atomic E-state index is 13.0. The van der Waals surface area contributed by atoms with Gasteiger partial charge < -0.3 is 9.74 Å². The van der Waals surface area contributed by atoms with Crippen molar-refractivity contribution in [2.24, 2.45) is 0 Å². The number of alkyl halides is 3. The minimum Gasteiger partial charge on any atom is -0.317 e. The lowest BCUT2D eigenvalue weighted by atomic mass is 10.0. The van der Waals surface area contributed by atoms with Crippen LogP contribution in [-0.4, -0.2) is 45.1 Å². The summed E-state index contributed by atoms with van der Waals surface area (Å²) in [7, 11) is -4.63. The van der Waals surface area contributed by atoms with Gasteiger partial charge in [-0.2, -0.15) is 21.6 Å². The molecule has 3 rings (SSSR count). The lowest BCUT2D eigenvalue weighted by Crippen LogP contribution is -2.38. The predicted molar refractivity (Wildman–Crippen MR) is 112 cm³/mol. The van der Waals surface area contributed by atoms with Crippen LogP contribution in [0.15, 0.2) is 34.5 Å². The Kier molecular flexibility index (Phi) is 7.19. The average molecular weight is 497 g/mol. The molecule has 0 amide bonds. The molecule has 0 saturated heterocycles. The minimum atomic E-state index is -5.37. The van der Waals surface area contributed by atoms with Crippen LogP contribution < -0.4 is 4.47 Å². The van der Waals surface area contributed by atoms with Gasteiger partial charge in [0, 0.05) is 13.1 Å². The molecule has 170 valence electrons. The topological polar surface area (TPSA) is 66.9 Å². The van der Waals surface area contributed by atoms with Crippen LogP contribution in [0.1, 0.15) is 24.5 Å². The van der Waals surface area contributed by atoms with Crippen molar-refractivity contribution < 1.29 is 31.2 Å². The highest BCUT2D eigenvalue weighted by Gasteiger charge is 2.45. The van der Waals surface area contributed by atoms with E-state index in [1.807, 2.05) is 0 Å². The Morgan fingerprint density at radius 1 is 1.19 bits per heavy atom. The van der Waals surface area contributed by atoms with Gasteiger partial charge in [0.1, 0.15) is 4.21 Å². The Morgan fingerprint density at radius 3 is 2.45 bits per heavy atom. The molecule has 0 spiro atoms. The number of hydrogen-bond acceptors (Lipinski definition) is 6. The zero-order valence-electron chi connectivity index (χ0n) is 16.5. The van der Waals surface area contributed by atoms with Crippen LogP contribution in [0.4, 0.5) is 18.9 Å². The Bertz CT molecular complexity index is 1060. The highest BCUT2D eigenvalue weighted by atomic mass is 35.5. The summed E-state index contributed by atoms with van der Waals surface area (Å²) < 4.78 is 64.3. The van der Waals surface area contributed by atoms with E-state index in [1.54, 1.807) is 6.07 Å². The summed E-state index contributed by atoms with van der Waals surface area (Å²) in [6.07, 6.45) is -3.06. The van der Waals surface area contributed by atoms with E-state index in [0.717, 1.165) is 49.7 Å². The first-order valence-corrected chi connectivity index (χ1v) is 12.1. The van der Waals surface area contributed by atoms with Gasteiger partial charge in [0.05, 0.1) is 10.0 Å². The van der Waals surface area contributed by atoms with Gasteiger partial charge in [0.25, 0.3) is 0 Å². The number of benzene rings is 1. The molecule has 0 N–H and O–H groups in total. The Labute approximate surface area is 187 Å². The number of carbonyl (C=O) groups is 1. The molecule has 0 unspecified atom stereocenters. The zero-order chi connectivity index (χ0) is 22.8. The molecule has 1 aliphatic rings. The van der Waals surface area contributed by atoms with Crippen LogP contribution in [0, 0.1) is 0 Å². The Morgan fingerprint density at radius 2 is 1.87 bits per heavy atom. The van der Waals surface area contributed by atoms with E-state index in [1.165, 1.54) is 18.2 Å². The highest BCUT2D eigenvalue weighted by molar-refractivity contribution is 7.94. The highest BCUT2D eigenvalue weighted by Crippen LogP contribution is 2.33. The summed E-state index contributed by atoms with van der Waals surface area (Å²) in [6.45, 7) is 4.56. The third kappa shape index (κ3) is 5.51. The van der Waals surface area contributed by atoms with Crippen LogP contribution in [0.5, 0.6) is 0 Å². The summed E-state index contributed by atoms with van der Waals surface area (Å²) in [6, 6.07) is 6.89. The number of thiophene rings is 1. The summed E-state index contributed by atoms with van der Waals surface area (Å²) in [4.78, 5) is 18.1. The van der Waals surface area contributed by atoms with E-state index in [-0.39, 0.29) is 18.7 Å². The molecule has 0 bridgehead atoms. The molecule has 0 radical (unpaired) electrons.